The number of rotatable bonds is 7. The Morgan fingerprint density at radius 1 is 0.830 bits per heavy atom. The van der Waals surface area contributed by atoms with E-state index in [9.17, 15) is 21.6 Å². The highest BCUT2D eigenvalue weighted by Crippen LogP contribution is 2.44. The number of carbonyl (C=O) groups excluding carboxylic acids is 1. The van der Waals surface area contributed by atoms with Gasteiger partial charge in [-0.05, 0) is 75.1 Å². The van der Waals surface area contributed by atoms with Crippen molar-refractivity contribution in [3.63, 3.8) is 0 Å². The van der Waals surface area contributed by atoms with Gasteiger partial charge in [-0.3, -0.25) is 18.8 Å². The van der Waals surface area contributed by atoms with Gasteiger partial charge in [0.25, 0.3) is 20.2 Å². The van der Waals surface area contributed by atoms with Gasteiger partial charge in [0, 0.05) is 30.8 Å². The van der Waals surface area contributed by atoms with Gasteiger partial charge in [0.05, 0.1) is 9.79 Å². The van der Waals surface area contributed by atoms with Gasteiger partial charge in [0.1, 0.15) is 17.2 Å². The van der Waals surface area contributed by atoms with Crippen LogP contribution in [0.15, 0.2) is 113 Å². The molecule has 2 aliphatic rings. The third-order valence-corrected chi connectivity index (χ3v) is 10.6. The molecule has 2 aliphatic heterocycles. The van der Waals surface area contributed by atoms with Crippen molar-refractivity contribution in [3.8, 4) is 0 Å². The molecule has 1 unspecified atom stereocenters. The Morgan fingerprint density at radius 3 is 1.92 bits per heavy atom. The summed E-state index contributed by atoms with van der Waals surface area (Å²) < 4.78 is 59.1. The first kappa shape index (κ1) is 38.9. The van der Waals surface area contributed by atoms with Crippen molar-refractivity contribution in [2.24, 2.45) is 5.73 Å². The summed E-state index contributed by atoms with van der Waals surface area (Å²) in [5.74, 6) is 1.71. The molecular formula is C38H42N6O7S2. The molecule has 53 heavy (non-hydrogen) atoms. The van der Waals surface area contributed by atoms with Crippen molar-refractivity contribution in [1.82, 2.24) is 9.97 Å². The molecule has 13 nitrogen and oxygen atoms in total. The zero-order valence-electron chi connectivity index (χ0n) is 29.5. The minimum atomic E-state index is -4.02. The summed E-state index contributed by atoms with van der Waals surface area (Å²) >= 11 is 0. The van der Waals surface area contributed by atoms with Crippen LogP contribution >= 0.6 is 0 Å². The number of nitrogens with one attached hydrogen (secondary N) is 2. The lowest BCUT2D eigenvalue weighted by Crippen LogP contribution is -2.52. The molecule has 0 spiro atoms. The second-order valence-electron chi connectivity index (χ2n) is 12.9. The molecule has 6 N–H and O–H groups in total. The number of aromatic nitrogens is 2. The van der Waals surface area contributed by atoms with E-state index >= 15 is 0 Å². The number of primary amides is 1. The average Bonchev–Trinajstić information content (AvgIpc) is 3.44. The quantitative estimate of drug-likeness (QED) is 0.124. The van der Waals surface area contributed by atoms with Crippen molar-refractivity contribution in [1.29, 1.82) is 0 Å². The molecule has 3 heterocycles. The van der Waals surface area contributed by atoms with Crippen molar-refractivity contribution in [2.75, 3.05) is 22.1 Å². The molecule has 0 radical (unpaired) electrons. The van der Waals surface area contributed by atoms with Crippen LogP contribution in [0.25, 0.3) is 0 Å². The highest BCUT2D eigenvalue weighted by Gasteiger charge is 2.47. The molecule has 1 atom stereocenters. The maximum atomic E-state index is 12.6. The van der Waals surface area contributed by atoms with Crippen molar-refractivity contribution < 1.29 is 30.7 Å². The molecule has 278 valence electrons. The number of hydrogen-bond acceptors (Lipinski definition) is 10. The lowest BCUT2D eigenvalue weighted by atomic mass is 9.96. The summed E-state index contributed by atoms with van der Waals surface area (Å²) in [5, 5.41) is 6.91. The van der Waals surface area contributed by atoms with Gasteiger partial charge >= 0.3 is 0 Å². The number of aryl methyl sites for hydroxylation is 2. The fourth-order valence-electron chi connectivity index (χ4n) is 5.90. The summed E-state index contributed by atoms with van der Waals surface area (Å²) in [6.45, 7) is 7.07. The number of nitrogens with zero attached hydrogens (tertiary/aromatic N) is 3. The number of amides is 1. The van der Waals surface area contributed by atoms with Gasteiger partial charge in [-0.25, -0.2) is 0 Å². The normalized spacial score (nSPS) is 16.1. The van der Waals surface area contributed by atoms with E-state index in [4.69, 9.17) is 24.8 Å². The maximum Gasteiger partial charge on any atom is 0.294 e. The number of nitrogens with two attached hydrogens (primary N) is 1. The van der Waals surface area contributed by atoms with Crippen LogP contribution in [0, 0.1) is 13.8 Å². The standard InChI is InChI=1S/C24H26N6O.2C7H8O3S/c1-24(22(25)31)14-17-10-5-6-12-19(17)30(24)23-28-20-18(11-7-13-26-20)21(29-23)27-15-16-8-3-2-4-9-16;2*1-6-2-4-7(5-3-6)11(8,9)10/h2-6,8-10,12H,7,11,13-15H2,1H3,(H2,25,31)(H2,26,27,28,29);2*2-5H,1H3,(H,8,9,10). The zero-order valence-corrected chi connectivity index (χ0v) is 31.2. The summed E-state index contributed by atoms with van der Waals surface area (Å²) in [5.41, 5.74) is 11.1. The lowest BCUT2D eigenvalue weighted by Gasteiger charge is -2.34. The van der Waals surface area contributed by atoms with E-state index < -0.39 is 31.7 Å². The molecule has 0 saturated heterocycles. The van der Waals surface area contributed by atoms with Crippen LogP contribution in [0.3, 0.4) is 0 Å². The molecule has 15 heteroatoms. The largest absolute Gasteiger partial charge is 0.370 e. The van der Waals surface area contributed by atoms with Crippen LogP contribution in [-0.4, -0.2) is 53.9 Å². The average molecular weight is 759 g/mol. The first-order chi connectivity index (χ1) is 25.1. The molecule has 0 fully saturated rings. The monoisotopic (exact) mass is 758 g/mol. The van der Waals surface area contributed by atoms with Gasteiger partial charge in [-0.2, -0.15) is 26.8 Å². The first-order valence-corrected chi connectivity index (χ1v) is 19.6. The van der Waals surface area contributed by atoms with Gasteiger partial charge in [0.15, 0.2) is 0 Å². The summed E-state index contributed by atoms with van der Waals surface area (Å²) in [6.07, 6.45) is 2.46. The van der Waals surface area contributed by atoms with E-state index in [-0.39, 0.29) is 9.79 Å². The highest BCUT2D eigenvalue weighted by molar-refractivity contribution is 7.86. The molecule has 1 amide bonds. The van der Waals surface area contributed by atoms with Crippen LogP contribution in [-0.2, 0) is 44.4 Å². The second-order valence-corrected chi connectivity index (χ2v) is 15.8. The van der Waals surface area contributed by atoms with Gasteiger partial charge in [-0.1, -0.05) is 83.9 Å². The van der Waals surface area contributed by atoms with Crippen LogP contribution < -0.4 is 21.3 Å². The predicted molar refractivity (Wildman–Crippen MR) is 204 cm³/mol. The minimum absolute atomic E-state index is 0.0666. The Kier molecular flexibility index (Phi) is 11.8. The van der Waals surface area contributed by atoms with E-state index in [1.807, 2.05) is 68.1 Å². The van der Waals surface area contributed by atoms with E-state index in [2.05, 4.69) is 22.8 Å². The fraction of sp³-hybridized carbons (Fsp3) is 0.237. The van der Waals surface area contributed by atoms with Crippen molar-refractivity contribution in [3.05, 3.63) is 131 Å². The summed E-state index contributed by atoms with van der Waals surface area (Å²) in [6, 6.07) is 30.2. The molecule has 0 saturated carbocycles. The molecule has 7 rings (SSSR count). The fourth-order valence-corrected chi connectivity index (χ4v) is 6.86. The first-order valence-electron chi connectivity index (χ1n) is 16.8. The number of fused-ring (bicyclic) bond motifs is 2. The van der Waals surface area contributed by atoms with E-state index in [1.165, 1.54) is 29.8 Å². The minimum Gasteiger partial charge on any atom is -0.370 e. The Balaban J connectivity index is 0.000000201. The summed E-state index contributed by atoms with van der Waals surface area (Å²) in [4.78, 5) is 24.1. The van der Waals surface area contributed by atoms with Crippen molar-refractivity contribution >= 4 is 49.4 Å². The Hall–Kier alpha value is -5.35. The van der Waals surface area contributed by atoms with E-state index in [0.29, 0.717) is 18.9 Å². The predicted octanol–water partition coefficient (Wildman–Crippen LogP) is 5.87. The number of benzene rings is 4. The van der Waals surface area contributed by atoms with Crippen LogP contribution in [0.5, 0.6) is 0 Å². The number of carbonyl (C=O) groups is 1. The molecule has 1 aromatic heterocycles. The van der Waals surface area contributed by atoms with Gasteiger partial charge < -0.3 is 16.4 Å². The molecule has 0 bridgehead atoms. The molecular weight excluding hydrogens is 717 g/mol. The molecule has 4 aromatic carbocycles. The molecule has 0 aliphatic carbocycles. The number of hydrogen-bond donors (Lipinski definition) is 5. The maximum absolute atomic E-state index is 12.6. The number of anilines is 4. The van der Waals surface area contributed by atoms with E-state index in [1.54, 1.807) is 24.3 Å². The third kappa shape index (κ3) is 9.56. The molecule has 5 aromatic rings. The smallest absolute Gasteiger partial charge is 0.294 e. The topological polar surface area (TPSA) is 205 Å². The van der Waals surface area contributed by atoms with Crippen molar-refractivity contribution in [2.45, 2.75) is 61.9 Å². The summed E-state index contributed by atoms with van der Waals surface area (Å²) in [7, 11) is -8.04. The van der Waals surface area contributed by atoms with Crippen LogP contribution in [0.1, 0.15) is 41.2 Å². The number of para-hydroxylation sites is 1. The van der Waals surface area contributed by atoms with Crippen LogP contribution in [0.4, 0.5) is 23.3 Å². The SMILES string of the molecule is CC1(C(N)=O)Cc2ccccc2N1c1nc2c(c(NCc3ccccc3)n1)CCCN2.Cc1ccc(S(=O)(=O)O)cc1.Cc1ccc(S(=O)(=O)O)cc1. The second kappa shape index (κ2) is 16.1. The van der Waals surface area contributed by atoms with E-state index in [0.717, 1.165) is 59.0 Å². The lowest BCUT2D eigenvalue weighted by molar-refractivity contribution is -0.122. The highest BCUT2D eigenvalue weighted by atomic mass is 32.2. The third-order valence-electron chi connectivity index (χ3n) is 8.82. The Labute approximate surface area is 309 Å². The Bertz CT molecular complexity index is 2220. The Morgan fingerprint density at radius 2 is 1.38 bits per heavy atom. The van der Waals surface area contributed by atoms with Gasteiger partial charge in [-0.15, -0.1) is 0 Å². The zero-order chi connectivity index (χ0) is 38.4. The van der Waals surface area contributed by atoms with Gasteiger partial charge in [0.2, 0.25) is 11.9 Å². The van der Waals surface area contributed by atoms with Crippen LogP contribution in [0.2, 0.25) is 0 Å².